The zero-order chi connectivity index (χ0) is 29.5. The van der Waals surface area contributed by atoms with Crippen LogP contribution in [-0.2, 0) is 16.8 Å². The number of amides is 2. The Balaban J connectivity index is 1.38. The lowest BCUT2D eigenvalue weighted by Crippen LogP contribution is -2.40. The van der Waals surface area contributed by atoms with E-state index >= 15 is 0 Å². The van der Waals surface area contributed by atoms with Gasteiger partial charge in [0.1, 0.15) is 23.0 Å². The fourth-order valence-electron chi connectivity index (χ4n) is 5.81. The SMILES string of the molecule is Cc1nc2c(cc1F)c(-c1nc3c(c(C(=O)NC(C4CC4)C4CC4)n1)C(C)(C)C(=O)N3)nn2Cc1cccc(F)c1F. The molecule has 3 aliphatic rings. The van der Waals surface area contributed by atoms with Gasteiger partial charge in [-0.05, 0) is 70.4 Å². The number of carbonyl (C=O) groups excluding carboxylic acids is 2. The van der Waals surface area contributed by atoms with Gasteiger partial charge >= 0.3 is 0 Å². The van der Waals surface area contributed by atoms with Crippen molar-refractivity contribution in [2.45, 2.75) is 64.5 Å². The number of rotatable bonds is 7. The maximum Gasteiger partial charge on any atom is 0.270 e. The van der Waals surface area contributed by atoms with E-state index in [1.54, 1.807) is 13.8 Å². The van der Waals surface area contributed by atoms with E-state index in [0.717, 1.165) is 31.7 Å². The Kier molecular flexibility index (Phi) is 5.90. The number of halogens is 3. The third-order valence-corrected chi connectivity index (χ3v) is 8.52. The molecule has 9 nitrogen and oxygen atoms in total. The second-order valence-electron chi connectivity index (χ2n) is 12.0. The molecule has 2 saturated carbocycles. The summed E-state index contributed by atoms with van der Waals surface area (Å²) < 4.78 is 44.7. The van der Waals surface area contributed by atoms with Gasteiger partial charge in [-0.15, -0.1) is 0 Å². The highest BCUT2D eigenvalue weighted by Gasteiger charge is 2.46. The lowest BCUT2D eigenvalue weighted by Gasteiger charge is -2.21. The van der Waals surface area contributed by atoms with E-state index in [1.807, 2.05) is 0 Å². The Hall–Kier alpha value is -4.35. The molecule has 3 aromatic heterocycles. The number of aromatic nitrogens is 5. The quantitative estimate of drug-likeness (QED) is 0.327. The zero-order valence-corrected chi connectivity index (χ0v) is 23.3. The van der Waals surface area contributed by atoms with Crippen LogP contribution in [0.15, 0.2) is 24.3 Å². The number of anilines is 1. The second kappa shape index (κ2) is 9.33. The van der Waals surface area contributed by atoms with Crippen molar-refractivity contribution < 1.29 is 22.8 Å². The van der Waals surface area contributed by atoms with Gasteiger partial charge in [0.15, 0.2) is 23.1 Å². The molecule has 0 saturated heterocycles. The lowest BCUT2D eigenvalue weighted by molar-refractivity contribution is -0.119. The van der Waals surface area contributed by atoms with E-state index in [4.69, 9.17) is 0 Å². The van der Waals surface area contributed by atoms with Crippen molar-refractivity contribution in [3.63, 3.8) is 0 Å². The zero-order valence-electron chi connectivity index (χ0n) is 23.3. The van der Waals surface area contributed by atoms with Gasteiger partial charge in [0.2, 0.25) is 5.91 Å². The molecule has 0 bridgehead atoms. The maximum atomic E-state index is 14.8. The molecule has 7 rings (SSSR count). The summed E-state index contributed by atoms with van der Waals surface area (Å²) >= 11 is 0. The Labute approximate surface area is 239 Å². The number of hydrogen-bond donors (Lipinski definition) is 2. The van der Waals surface area contributed by atoms with Crippen molar-refractivity contribution in [3.8, 4) is 11.5 Å². The van der Waals surface area contributed by atoms with Crippen molar-refractivity contribution >= 4 is 28.7 Å². The summed E-state index contributed by atoms with van der Waals surface area (Å²) in [4.78, 5) is 40.3. The van der Waals surface area contributed by atoms with Crippen LogP contribution >= 0.6 is 0 Å². The number of hydrogen-bond acceptors (Lipinski definition) is 6. The smallest absolute Gasteiger partial charge is 0.270 e. The number of benzene rings is 1. The first-order valence-corrected chi connectivity index (χ1v) is 14.0. The van der Waals surface area contributed by atoms with Crippen LogP contribution in [0.5, 0.6) is 0 Å². The third-order valence-electron chi connectivity index (χ3n) is 8.52. The summed E-state index contributed by atoms with van der Waals surface area (Å²) in [5.41, 5.74) is -0.251. The van der Waals surface area contributed by atoms with Gasteiger partial charge < -0.3 is 10.6 Å². The molecule has 2 amide bonds. The first-order chi connectivity index (χ1) is 20.0. The van der Waals surface area contributed by atoms with Gasteiger partial charge in [-0.3, -0.25) is 9.59 Å². The molecule has 4 aromatic rings. The Morgan fingerprint density at radius 3 is 2.50 bits per heavy atom. The lowest BCUT2D eigenvalue weighted by atomic mass is 9.85. The molecule has 216 valence electrons. The number of nitrogens with one attached hydrogen (secondary N) is 2. The Morgan fingerprint density at radius 2 is 1.81 bits per heavy atom. The summed E-state index contributed by atoms with van der Waals surface area (Å²) in [6.45, 7) is 4.68. The highest BCUT2D eigenvalue weighted by Crippen LogP contribution is 2.45. The highest BCUT2D eigenvalue weighted by molar-refractivity contribution is 6.09. The summed E-state index contributed by atoms with van der Waals surface area (Å²) in [5, 5.41) is 10.7. The maximum absolute atomic E-state index is 14.8. The van der Waals surface area contributed by atoms with Crippen molar-refractivity contribution in [2.75, 3.05) is 5.32 Å². The largest absolute Gasteiger partial charge is 0.347 e. The van der Waals surface area contributed by atoms with Crippen molar-refractivity contribution in [1.82, 2.24) is 30.0 Å². The van der Waals surface area contributed by atoms with E-state index in [0.29, 0.717) is 17.4 Å². The average Bonchev–Trinajstić information content (AvgIpc) is 3.88. The van der Waals surface area contributed by atoms with Gasteiger partial charge in [-0.25, -0.2) is 32.8 Å². The van der Waals surface area contributed by atoms with E-state index in [9.17, 15) is 22.8 Å². The minimum atomic E-state index is -1.07. The van der Waals surface area contributed by atoms with Crippen molar-refractivity contribution in [3.05, 3.63) is 64.2 Å². The highest BCUT2D eigenvalue weighted by atomic mass is 19.2. The molecule has 2 N–H and O–H groups in total. The number of aryl methyl sites for hydroxylation is 1. The van der Waals surface area contributed by atoms with Crippen LogP contribution in [0.2, 0.25) is 0 Å². The predicted molar refractivity (Wildman–Crippen MR) is 147 cm³/mol. The molecular weight excluding hydrogens is 547 g/mol. The number of carbonyl (C=O) groups is 2. The molecular formula is C30H28F3N7O2. The van der Waals surface area contributed by atoms with Gasteiger partial charge in [-0.2, -0.15) is 5.10 Å². The van der Waals surface area contributed by atoms with Crippen LogP contribution in [-0.4, -0.2) is 42.6 Å². The van der Waals surface area contributed by atoms with Crippen LogP contribution in [0.25, 0.3) is 22.6 Å². The molecule has 0 radical (unpaired) electrons. The van der Waals surface area contributed by atoms with Crippen molar-refractivity contribution in [2.24, 2.45) is 11.8 Å². The minimum absolute atomic E-state index is 0.0184. The third kappa shape index (κ3) is 4.31. The van der Waals surface area contributed by atoms with Crippen LogP contribution in [0.3, 0.4) is 0 Å². The average molecular weight is 576 g/mol. The molecule has 42 heavy (non-hydrogen) atoms. The van der Waals surface area contributed by atoms with Gasteiger partial charge in [-0.1, -0.05) is 12.1 Å². The molecule has 0 unspecified atom stereocenters. The molecule has 4 heterocycles. The topological polar surface area (TPSA) is 115 Å². The second-order valence-corrected chi connectivity index (χ2v) is 12.0. The normalized spacial score (nSPS) is 17.5. The monoisotopic (exact) mass is 575 g/mol. The Morgan fingerprint density at radius 1 is 1.10 bits per heavy atom. The fraction of sp³-hybridized carbons (Fsp3) is 0.400. The van der Waals surface area contributed by atoms with Crippen LogP contribution < -0.4 is 10.6 Å². The van der Waals surface area contributed by atoms with E-state index in [1.165, 1.54) is 29.8 Å². The molecule has 2 aliphatic carbocycles. The standard InChI is InChI=1S/C30H28F3N7O2/c1-13-19(32)11-17-23(39-40(27(17)34-13)12-16-5-4-6-18(31)21(16)33)26-35-24(20-25(37-26)38-29(42)30(20,2)3)28(41)36-22(14-7-8-14)15-9-10-15/h4-6,11,14-15,22H,7-10,12H2,1-3H3,(H,36,41)(H,35,37,38,42). The van der Waals surface area contributed by atoms with Gasteiger partial charge in [0, 0.05) is 17.2 Å². The van der Waals surface area contributed by atoms with Crippen molar-refractivity contribution in [1.29, 1.82) is 0 Å². The first-order valence-electron chi connectivity index (χ1n) is 14.0. The summed E-state index contributed by atoms with van der Waals surface area (Å²) in [6.07, 6.45) is 4.25. The van der Waals surface area contributed by atoms with Crippen LogP contribution in [0.1, 0.15) is 66.8 Å². The van der Waals surface area contributed by atoms with Gasteiger partial charge in [0.25, 0.3) is 5.91 Å². The summed E-state index contributed by atoms with van der Waals surface area (Å²) in [6, 6.07) is 5.09. The molecule has 12 heteroatoms. The molecule has 1 aromatic carbocycles. The molecule has 0 atom stereocenters. The number of nitrogens with zero attached hydrogens (tertiary/aromatic N) is 5. The predicted octanol–water partition coefficient (Wildman–Crippen LogP) is 4.81. The van der Waals surface area contributed by atoms with E-state index < -0.39 is 28.8 Å². The number of pyridine rings is 1. The van der Waals surface area contributed by atoms with Gasteiger partial charge in [0.05, 0.1) is 23.0 Å². The van der Waals surface area contributed by atoms with Crippen LogP contribution in [0.4, 0.5) is 19.0 Å². The summed E-state index contributed by atoms with van der Waals surface area (Å²) in [7, 11) is 0. The molecule has 0 spiro atoms. The van der Waals surface area contributed by atoms with E-state index in [2.05, 4.69) is 30.7 Å². The number of fused-ring (bicyclic) bond motifs is 2. The fourth-order valence-corrected chi connectivity index (χ4v) is 5.81. The minimum Gasteiger partial charge on any atom is -0.347 e. The molecule has 2 fully saturated rings. The molecule has 1 aliphatic heterocycles. The van der Waals surface area contributed by atoms with E-state index in [-0.39, 0.29) is 63.8 Å². The Bertz CT molecular complexity index is 1800. The summed E-state index contributed by atoms with van der Waals surface area (Å²) in [5.74, 6) is -2.37. The first kappa shape index (κ1) is 26.5. The van der Waals surface area contributed by atoms with Crippen LogP contribution in [0, 0.1) is 36.2 Å².